The molecular weight excluding hydrogens is 216 g/mol. The van der Waals surface area contributed by atoms with Gasteiger partial charge in [-0.3, -0.25) is 10.1 Å². The zero-order valence-electron chi connectivity index (χ0n) is 10.6. The smallest absolute Gasteiger partial charge is 0.269 e. The molecule has 1 aromatic rings. The Morgan fingerprint density at radius 2 is 1.82 bits per heavy atom. The number of nitro benzene ring substituents is 1. The number of nitro groups is 1. The van der Waals surface area contributed by atoms with Gasteiger partial charge >= 0.3 is 0 Å². The topological polar surface area (TPSA) is 46.4 Å². The van der Waals surface area contributed by atoms with Gasteiger partial charge in [0.05, 0.1) is 4.92 Å². The summed E-state index contributed by atoms with van der Waals surface area (Å²) in [5.41, 5.74) is 1.22. The molecule has 1 rings (SSSR count). The first-order valence-corrected chi connectivity index (χ1v) is 6.18. The third kappa shape index (κ3) is 4.06. The summed E-state index contributed by atoms with van der Waals surface area (Å²) in [7, 11) is 0. The SMILES string of the molecule is CCCCCN(CC)c1ccc([N+](=O)[O-])cc1. The van der Waals surface area contributed by atoms with Crippen molar-refractivity contribution in [3.05, 3.63) is 34.4 Å². The maximum absolute atomic E-state index is 10.6. The van der Waals surface area contributed by atoms with Crippen molar-refractivity contribution in [2.75, 3.05) is 18.0 Å². The van der Waals surface area contributed by atoms with Gasteiger partial charge in [0.1, 0.15) is 0 Å². The molecule has 1 aromatic carbocycles. The molecule has 0 atom stereocenters. The summed E-state index contributed by atoms with van der Waals surface area (Å²) in [4.78, 5) is 12.4. The van der Waals surface area contributed by atoms with E-state index in [2.05, 4.69) is 18.7 Å². The van der Waals surface area contributed by atoms with E-state index >= 15 is 0 Å². The molecule has 0 radical (unpaired) electrons. The zero-order valence-corrected chi connectivity index (χ0v) is 10.6. The van der Waals surface area contributed by atoms with Gasteiger partial charge in [-0.05, 0) is 25.5 Å². The lowest BCUT2D eigenvalue weighted by Gasteiger charge is -2.22. The number of hydrogen-bond acceptors (Lipinski definition) is 3. The molecule has 0 bridgehead atoms. The number of non-ortho nitro benzene ring substituents is 1. The second kappa shape index (κ2) is 6.89. The van der Waals surface area contributed by atoms with Crippen LogP contribution in [0.4, 0.5) is 11.4 Å². The third-order valence-corrected chi connectivity index (χ3v) is 2.84. The molecule has 0 N–H and O–H groups in total. The van der Waals surface area contributed by atoms with Crippen LogP contribution in [0, 0.1) is 10.1 Å². The molecule has 0 aliphatic heterocycles. The quantitative estimate of drug-likeness (QED) is 0.412. The maximum Gasteiger partial charge on any atom is 0.269 e. The zero-order chi connectivity index (χ0) is 12.7. The van der Waals surface area contributed by atoms with E-state index in [1.807, 2.05) is 12.1 Å². The molecule has 0 unspecified atom stereocenters. The maximum atomic E-state index is 10.6. The lowest BCUT2D eigenvalue weighted by molar-refractivity contribution is -0.384. The van der Waals surface area contributed by atoms with Gasteiger partial charge in [0.2, 0.25) is 0 Å². The summed E-state index contributed by atoms with van der Waals surface area (Å²) < 4.78 is 0. The third-order valence-electron chi connectivity index (χ3n) is 2.84. The van der Waals surface area contributed by atoms with Crippen molar-refractivity contribution >= 4 is 11.4 Å². The van der Waals surface area contributed by atoms with Gasteiger partial charge in [-0.1, -0.05) is 19.8 Å². The van der Waals surface area contributed by atoms with Crippen LogP contribution in [0.25, 0.3) is 0 Å². The van der Waals surface area contributed by atoms with E-state index < -0.39 is 0 Å². The molecule has 0 heterocycles. The molecule has 0 fully saturated rings. The van der Waals surface area contributed by atoms with Crippen LogP contribution in [0.2, 0.25) is 0 Å². The van der Waals surface area contributed by atoms with E-state index in [1.54, 1.807) is 12.1 Å². The highest BCUT2D eigenvalue weighted by Gasteiger charge is 2.07. The van der Waals surface area contributed by atoms with E-state index in [9.17, 15) is 10.1 Å². The number of hydrogen-bond donors (Lipinski definition) is 0. The van der Waals surface area contributed by atoms with Crippen molar-refractivity contribution in [2.24, 2.45) is 0 Å². The molecule has 4 nitrogen and oxygen atoms in total. The second-order valence-corrected chi connectivity index (χ2v) is 4.06. The Kier molecular flexibility index (Phi) is 5.46. The number of anilines is 1. The largest absolute Gasteiger partial charge is 0.372 e. The Bertz CT molecular complexity index is 349. The van der Waals surface area contributed by atoms with E-state index in [1.165, 1.54) is 19.3 Å². The second-order valence-electron chi connectivity index (χ2n) is 4.06. The molecule has 0 aliphatic carbocycles. The first kappa shape index (κ1) is 13.5. The van der Waals surface area contributed by atoms with Gasteiger partial charge in [0, 0.05) is 30.9 Å². The fraction of sp³-hybridized carbons (Fsp3) is 0.538. The van der Waals surface area contributed by atoms with Crippen LogP contribution in [0.5, 0.6) is 0 Å². The highest BCUT2D eigenvalue weighted by Crippen LogP contribution is 2.19. The van der Waals surface area contributed by atoms with Crippen LogP contribution in [-0.4, -0.2) is 18.0 Å². The lowest BCUT2D eigenvalue weighted by Crippen LogP contribution is -2.23. The molecule has 0 aliphatic rings. The Hall–Kier alpha value is -1.58. The summed E-state index contributed by atoms with van der Waals surface area (Å²) in [5.74, 6) is 0. The van der Waals surface area contributed by atoms with Crippen molar-refractivity contribution < 1.29 is 4.92 Å². The molecule has 0 saturated heterocycles. The van der Waals surface area contributed by atoms with E-state index in [0.29, 0.717) is 0 Å². The van der Waals surface area contributed by atoms with Crippen LogP contribution in [0.1, 0.15) is 33.1 Å². The van der Waals surface area contributed by atoms with Gasteiger partial charge in [-0.15, -0.1) is 0 Å². The monoisotopic (exact) mass is 236 g/mol. The number of rotatable bonds is 7. The molecule has 0 amide bonds. The molecular formula is C13H20N2O2. The van der Waals surface area contributed by atoms with E-state index in [4.69, 9.17) is 0 Å². The normalized spacial score (nSPS) is 10.2. The molecule has 17 heavy (non-hydrogen) atoms. The number of nitrogens with zero attached hydrogens (tertiary/aromatic N) is 2. The van der Waals surface area contributed by atoms with Crippen molar-refractivity contribution in [3.63, 3.8) is 0 Å². The van der Waals surface area contributed by atoms with Gasteiger partial charge in [-0.2, -0.15) is 0 Å². The predicted octanol–water partition coefficient (Wildman–Crippen LogP) is 3.61. The summed E-state index contributed by atoms with van der Waals surface area (Å²) in [5, 5.41) is 10.6. The average molecular weight is 236 g/mol. The summed E-state index contributed by atoms with van der Waals surface area (Å²) in [6, 6.07) is 6.79. The van der Waals surface area contributed by atoms with Crippen LogP contribution in [0.15, 0.2) is 24.3 Å². The summed E-state index contributed by atoms with van der Waals surface area (Å²) in [6.45, 7) is 6.24. The number of benzene rings is 1. The van der Waals surface area contributed by atoms with Gasteiger partial charge < -0.3 is 4.90 Å². The molecule has 0 spiro atoms. The van der Waals surface area contributed by atoms with Crippen molar-refractivity contribution in [3.8, 4) is 0 Å². The predicted molar refractivity (Wildman–Crippen MR) is 70.5 cm³/mol. The summed E-state index contributed by atoms with van der Waals surface area (Å²) >= 11 is 0. The van der Waals surface area contributed by atoms with E-state index in [0.717, 1.165) is 18.8 Å². The fourth-order valence-corrected chi connectivity index (χ4v) is 1.81. The molecule has 0 aromatic heterocycles. The Morgan fingerprint density at radius 1 is 1.18 bits per heavy atom. The minimum atomic E-state index is -0.364. The molecule has 4 heteroatoms. The van der Waals surface area contributed by atoms with Crippen molar-refractivity contribution in [1.82, 2.24) is 0 Å². The minimum Gasteiger partial charge on any atom is -0.372 e. The van der Waals surface area contributed by atoms with Crippen LogP contribution in [-0.2, 0) is 0 Å². The molecule has 0 saturated carbocycles. The first-order valence-electron chi connectivity index (χ1n) is 6.18. The van der Waals surface area contributed by atoms with Gasteiger partial charge in [0.15, 0.2) is 0 Å². The van der Waals surface area contributed by atoms with Gasteiger partial charge in [0.25, 0.3) is 5.69 Å². The average Bonchev–Trinajstić information content (AvgIpc) is 2.35. The Labute approximate surface area is 102 Å². The molecule has 94 valence electrons. The Balaban J connectivity index is 2.65. The fourth-order valence-electron chi connectivity index (χ4n) is 1.81. The summed E-state index contributed by atoms with van der Waals surface area (Å²) in [6.07, 6.45) is 3.60. The lowest BCUT2D eigenvalue weighted by atomic mass is 10.2. The Morgan fingerprint density at radius 3 is 2.29 bits per heavy atom. The van der Waals surface area contributed by atoms with Crippen molar-refractivity contribution in [2.45, 2.75) is 33.1 Å². The minimum absolute atomic E-state index is 0.151. The van der Waals surface area contributed by atoms with Gasteiger partial charge in [-0.25, -0.2) is 0 Å². The van der Waals surface area contributed by atoms with Crippen LogP contribution >= 0.6 is 0 Å². The highest BCUT2D eigenvalue weighted by molar-refractivity contribution is 5.50. The van der Waals surface area contributed by atoms with Crippen molar-refractivity contribution in [1.29, 1.82) is 0 Å². The standard InChI is InChI=1S/C13H20N2O2/c1-3-5-6-11-14(4-2)12-7-9-13(10-8-12)15(16)17/h7-10H,3-6,11H2,1-2H3. The van der Waals surface area contributed by atoms with Crippen LogP contribution < -0.4 is 4.90 Å². The van der Waals surface area contributed by atoms with E-state index in [-0.39, 0.29) is 10.6 Å². The highest BCUT2D eigenvalue weighted by atomic mass is 16.6. The number of unbranched alkanes of at least 4 members (excludes halogenated alkanes) is 2. The van der Waals surface area contributed by atoms with Crippen LogP contribution in [0.3, 0.4) is 0 Å². The first-order chi connectivity index (χ1) is 8.19.